The van der Waals surface area contributed by atoms with Crippen LogP contribution in [-0.2, 0) is 19.3 Å². The summed E-state index contributed by atoms with van der Waals surface area (Å²) in [6.45, 7) is 11.2. The van der Waals surface area contributed by atoms with Crippen molar-refractivity contribution >= 4 is 38.9 Å². The fourth-order valence-electron chi connectivity index (χ4n) is 12.7. The Bertz CT molecular complexity index is 4150. The highest BCUT2D eigenvalue weighted by atomic mass is 15.1. The first-order valence-electron chi connectivity index (χ1n) is 31.6. The molecule has 0 amide bonds. The van der Waals surface area contributed by atoms with E-state index in [1.807, 2.05) is 0 Å². The number of hydrogen-bond donors (Lipinski definition) is 0. The first-order chi connectivity index (χ1) is 41.8. The van der Waals surface area contributed by atoms with Gasteiger partial charge >= 0.3 is 0 Å². The van der Waals surface area contributed by atoms with Crippen LogP contribution in [0, 0.1) is 13.8 Å². The number of aryl methyl sites for hydroxylation is 5. The van der Waals surface area contributed by atoms with E-state index in [-0.39, 0.29) is 0 Å². The second-order valence-electron chi connectivity index (χ2n) is 23.7. The molecule has 1 heterocycles. The van der Waals surface area contributed by atoms with Crippen molar-refractivity contribution < 1.29 is 0 Å². The van der Waals surface area contributed by atoms with Crippen LogP contribution >= 0.6 is 0 Å². The lowest BCUT2D eigenvalue weighted by Crippen LogP contribution is -2.10. The second-order valence-corrected chi connectivity index (χ2v) is 23.7. The number of anilines is 3. The lowest BCUT2D eigenvalue weighted by molar-refractivity contribution is 0.664. The van der Waals surface area contributed by atoms with Gasteiger partial charge in [0.1, 0.15) is 0 Å². The Hall–Kier alpha value is -8.98. The number of nitrogens with zero attached hydrogens (tertiary/aromatic N) is 2. The van der Waals surface area contributed by atoms with Crippen LogP contribution in [0.3, 0.4) is 0 Å². The Morgan fingerprint density at radius 2 is 0.671 bits per heavy atom. The summed E-state index contributed by atoms with van der Waals surface area (Å²) < 4.78 is 2.48. The van der Waals surface area contributed by atoms with Crippen LogP contribution in [0.2, 0.25) is 0 Å². The molecule has 12 rings (SSSR count). The summed E-state index contributed by atoms with van der Waals surface area (Å²) in [7, 11) is 0. The van der Waals surface area contributed by atoms with Crippen molar-refractivity contribution in [3.8, 4) is 72.4 Å². The summed E-state index contributed by atoms with van der Waals surface area (Å²) in [5, 5.41) is 2.55. The van der Waals surface area contributed by atoms with Gasteiger partial charge < -0.3 is 9.47 Å². The predicted molar refractivity (Wildman–Crippen MR) is 367 cm³/mol. The van der Waals surface area contributed by atoms with Crippen LogP contribution in [0.25, 0.3) is 94.3 Å². The maximum Gasteiger partial charge on any atom is 0.0541 e. The average molecular weight is 1110 g/mol. The predicted octanol–water partition coefficient (Wildman–Crippen LogP) is 24.1. The first-order valence-corrected chi connectivity index (χ1v) is 31.6. The zero-order valence-corrected chi connectivity index (χ0v) is 50.6. The van der Waals surface area contributed by atoms with Gasteiger partial charge in [0.05, 0.1) is 11.0 Å². The molecule has 0 unspecified atom stereocenters. The van der Waals surface area contributed by atoms with Gasteiger partial charge in [0, 0.05) is 33.5 Å². The van der Waals surface area contributed by atoms with Gasteiger partial charge in [0.2, 0.25) is 0 Å². The van der Waals surface area contributed by atoms with Gasteiger partial charge in [-0.2, -0.15) is 0 Å². The van der Waals surface area contributed by atoms with Crippen molar-refractivity contribution in [1.82, 2.24) is 4.57 Å². The molecule has 2 nitrogen and oxygen atoms in total. The quantitative estimate of drug-likeness (QED) is 0.0614. The Morgan fingerprint density at radius 1 is 0.294 bits per heavy atom. The molecule has 12 aromatic rings. The molecular weight excluding hydrogens is 1020 g/mol. The fraction of sp³-hybridized carbons (Fsp3) is 0.205. The third-order valence-corrected chi connectivity index (χ3v) is 17.5. The molecule has 2 heteroatoms. The van der Waals surface area contributed by atoms with E-state index in [1.54, 1.807) is 0 Å². The van der Waals surface area contributed by atoms with Crippen LogP contribution in [-0.4, -0.2) is 4.57 Å². The maximum absolute atomic E-state index is 2.60. The van der Waals surface area contributed by atoms with Crippen molar-refractivity contribution in [3.63, 3.8) is 0 Å². The number of fused-ring (bicyclic) bond motifs is 3. The molecule has 85 heavy (non-hydrogen) atoms. The lowest BCUT2D eigenvalue weighted by atomic mass is 9.86. The average Bonchev–Trinajstić information content (AvgIpc) is 3.03. The van der Waals surface area contributed by atoms with Gasteiger partial charge in [-0.05, 0) is 202 Å². The summed E-state index contributed by atoms with van der Waals surface area (Å²) >= 11 is 0. The molecule has 0 bridgehead atoms. The van der Waals surface area contributed by atoms with E-state index >= 15 is 0 Å². The van der Waals surface area contributed by atoms with E-state index in [4.69, 9.17) is 0 Å². The number of unbranched alkanes of at least 4 members (excludes halogenated alkanes) is 6. The SMILES string of the molecule is CCCCCCc1cc(-c2ccc3c(c2)c2cc(-c4ccccc4)ccc2n3-c2ccc(-c3ccc(C)cc3)cc2)c(CCCCCC)cc1-c1ccc(N(c2ccc(-c3ccc(C)cc3)cc2)c2ccc(-c3ccc(CCC)cc3)cc2)cc1. The molecular formula is C83H80N2. The first kappa shape index (κ1) is 56.5. The molecule has 11 aromatic carbocycles. The minimum atomic E-state index is 1.03. The fourth-order valence-corrected chi connectivity index (χ4v) is 12.7. The van der Waals surface area contributed by atoms with Crippen molar-refractivity contribution in [2.75, 3.05) is 4.90 Å². The zero-order valence-electron chi connectivity index (χ0n) is 50.6. The van der Waals surface area contributed by atoms with Crippen molar-refractivity contribution in [2.24, 2.45) is 0 Å². The number of rotatable bonds is 22. The maximum atomic E-state index is 2.60. The number of hydrogen-bond acceptors (Lipinski definition) is 1. The molecule has 422 valence electrons. The Labute approximate surface area is 506 Å². The summed E-state index contributed by atoms with van der Waals surface area (Å²) in [5.41, 5.74) is 28.9. The highest BCUT2D eigenvalue weighted by Gasteiger charge is 2.20. The smallest absolute Gasteiger partial charge is 0.0541 e. The van der Waals surface area contributed by atoms with Crippen LogP contribution in [0.5, 0.6) is 0 Å². The van der Waals surface area contributed by atoms with Gasteiger partial charge in [0.25, 0.3) is 0 Å². The van der Waals surface area contributed by atoms with E-state index in [1.165, 1.54) is 161 Å². The van der Waals surface area contributed by atoms with Gasteiger partial charge in [-0.1, -0.05) is 253 Å². The Balaban J connectivity index is 0.953. The molecule has 0 saturated heterocycles. The highest BCUT2D eigenvalue weighted by Crippen LogP contribution is 2.43. The normalized spacial score (nSPS) is 11.4. The van der Waals surface area contributed by atoms with Crippen molar-refractivity contribution in [1.29, 1.82) is 0 Å². The second kappa shape index (κ2) is 26.3. The van der Waals surface area contributed by atoms with Gasteiger partial charge in [-0.25, -0.2) is 0 Å². The Kier molecular flexibility index (Phi) is 17.5. The van der Waals surface area contributed by atoms with E-state index in [0.29, 0.717) is 0 Å². The van der Waals surface area contributed by atoms with Crippen LogP contribution in [0.15, 0.2) is 249 Å². The van der Waals surface area contributed by atoms with Crippen molar-refractivity contribution in [3.05, 3.63) is 277 Å². The largest absolute Gasteiger partial charge is 0.311 e. The van der Waals surface area contributed by atoms with Gasteiger partial charge in [0.15, 0.2) is 0 Å². The van der Waals surface area contributed by atoms with Crippen molar-refractivity contribution in [2.45, 2.75) is 112 Å². The van der Waals surface area contributed by atoms with Gasteiger partial charge in [-0.3, -0.25) is 0 Å². The van der Waals surface area contributed by atoms with Crippen LogP contribution < -0.4 is 4.90 Å². The van der Waals surface area contributed by atoms with Gasteiger partial charge in [-0.15, -0.1) is 0 Å². The molecule has 0 spiro atoms. The molecule has 0 aliphatic rings. The summed E-state index contributed by atoms with van der Waals surface area (Å²) in [6.07, 6.45) is 14.0. The minimum absolute atomic E-state index is 1.03. The lowest BCUT2D eigenvalue weighted by Gasteiger charge is -2.26. The third kappa shape index (κ3) is 12.6. The molecule has 0 saturated carbocycles. The molecule has 0 aliphatic heterocycles. The topological polar surface area (TPSA) is 8.17 Å². The van der Waals surface area contributed by atoms with Crippen LogP contribution in [0.4, 0.5) is 17.1 Å². The third-order valence-electron chi connectivity index (χ3n) is 17.5. The zero-order chi connectivity index (χ0) is 58.1. The molecule has 0 aliphatic carbocycles. The Morgan fingerprint density at radius 3 is 1.13 bits per heavy atom. The monoisotopic (exact) mass is 1100 g/mol. The standard InChI is InChI=1S/C83H80N2/c1-6-9-11-14-21-71-57-79(73-44-54-83-81(58-73)80-55-70(62-19-16-13-17-20-62)43-53-82(80)85(83)77-49-39-67(40-50-77)64-31-25-60(5)26-32-64)72(22-15-12-10-7-2)56-78(71)69-41-51-76(52-42-69)84(74-45-35-66(36-46-74)63-29-23-59(4)24-30-63)75-47-37-68(38-48-75)65-33-27-61(18-8-3)28-34-65/h13,16-17,19-20,23-58H,6-12,14-15,18,21-22H2,1-5H3. The summed E-state index contributed by atoms with van der Waals surface area (Å²) in [5.74, 6) is 0. The molecule has 0 radical (unpaired) electrons. The van der Waals surface area contributed by atoms with E-state index in [9.17, 15) is 0 Å². The number of aromatic nitrogens is 1. The highest BCUT2D eigenvalue weighted by molar-refractivity contribution is 6.12. The van der Waals surface area contributed by atoms with Crippen LogP contribution in [0.1, 0.15) is 106 Å². The minimum Gasteiger partial charge on any atom is -0.311 e. The number of benzene rings is 11. The molecule has 0 atom stereocenters. The summed E-state index contributed by atoms with van der Waals surface area (Å²) in [4.78, 5) is 2.42. The van der Waals surface area contributed by atoms with E-state index < -0.39 is 0 Å². The molecule has 0 fully saturated rings. The molecule has 1 aromatic heterocycles. The van der Waals surface area contributed by atoms with E-state index in [0.717, 1.165) is 55.6 Å². The summed E-state index contributed by atoms with van der Waals surface area (Å²) in [6, 6.07) is 94.1. The van der Waals surface area contributed by atoms with E-state index in [2.05, 4.69) is 293 Å². The molecule has 0 N–H and O–H groups in total.